The van der Waals surface area contributed by atoms with Crippen LogP contribution in [0.3, 0.4) is 0 Å². The van der Waals surface area contributed by atoms with Crippen molar-refractivity contribution in [3.05, 3.63) is 59.7 Å². The van der Waals surface area contributed by atoms with Gasteiger partial charge in [-0.05, 0) is 22.3 Å². The summed E-state index contributed by atoms with van der Waals surface area (Å²) in [6.45, 7) is -0.450. The number of rotatable bonds is 7. The summed E-state index contributed by atoms with van der Waals surface area (Å²) in [5, 5.41) is 41.4. The molecule has 2 aromatic carbocycles. The summed E-state index contributed by atoms with van der Waals surface area (Å²) in [5.41, 5.74) is 4.41. The van der Waals surface area contributed by atoms with Gasteiger partial charge in [-0.2, -0.15) is 0 Å². The number of aliphatic hydroxyl groups excluding tert-OH is 4. The summed E-state index contributed by atoms with van der Waals surface area (Å²) >= 11 is 0. The number of hydrogen-bond donors (Lipinski definition) is 5. The molecule has 5 unspecified atom stereocenters. The zero-order valence-corrected chi connectivity index (χ0v) is 17.8. The van der Waals surface area contributed by atoms with Crippen molar-refractivity contribution >= 4 is 11.9 Å². The molecule has 0 spiro atoms. The van der Waals surface area contributed by atoms with Crippen molar-refractivity contribution in [2.24, 2.45) is 0 Å². The van der Waals surface area contributed by atoms with Crippen LogP contribution in [0.5, 0.6) is 0 Å². The molecule has 0 radical (unpaired) electrons. The molecule has 0 aromatic heterocycles. The lowest BCUT2D eigenvalue weighted by Crippen LogP contribution is -2.64. The zero-order chi connectivity index (χ0) is 23.5. The van der Waals surface area contributed by atoms with Crippen molar-refractivity contribution in [1.29, 1.82) is 0 Å². The van der Waals surface area contributed by atoms with E-state index in [0.29, 0.717) is 0 Å². The molecule has 1 amide bonds. The summed E-state index contributed by atoms with van der Waals surface area (Å²) in [4.78, 5) is 24.5. The highest BCUT2D eigenvalue weighted by atomic mass is 16.6. The van der Waals surface area contributed by atoms with E-state index in [1.165, 1.54) is 0 Å². The van der Waals surface area contributed by atoms with Gasteiger partial charge in [0.05, 0.1) is 13.0 Å². The van der Waals surface area contributed by atoms with Gasteiger partial charge >= 0.3 is 5.97 Å². The molecule has 5 atom stereocenters. The third-order valence-corrected chi connectivity index (χ3v) is 6.16. The molecule has 2 aliphatic rings. The monoisotopic (exact) mass is 457 g/mol. The molecule has 9 nitrogen and oxygen atoms in total. The Hall–Kier alpha value is -2.82. The molecule has 1 heterocycles. The van der Waals surface area contributed by atoms with Crippen LogP contribution >= 0.6 is 0 Å². The molecule has 176 valence electrons. The van der Waals surface area contributed by atoms with Gasteiger partial charge in [-0.15, -0.1) is 0 Å². The topological polar surface area (TPSA) is 146 Å². The Labute approximate surface area is 190 Å². The number of benzene rings is 2. The lowest BCUT2D eigenvalue weighted by atomic mass is 9.97. The van der Waals surface area contributed by atoms with Crippen molar-refractivity contribution in [3.8, 4) is 11.1 Å². The van der Waals surface area contributed by atoms with E-state index in [-0.39, 0.29) is 25.4 Å². The minimum atomic E-state index is -1.61. The van der Waals surface area contributed by atoms with E-state index in [9.17, 15) is 24.9 Å². The fraction of sp³-hybridized carbons (Fsp3) is 0.417. The first-order chi connectivity index (χ1) is 15.9. The van der Waals surface area contributed by atoms with Crippen LogP contribution in [0.25, 0.3) is 11.1 Å². The molecule has 2 aromatic rings. The Morgan fingerprint density at radius 3 is 2.12 bits per heavy atom. The van der Waals surface area contributed by atoms with Gasteiger partial charge in [0.2, 0.25) is 5.91 Å². The summed E-state index contributed by atoms with van der Waals surface area (Å²) < 4.78 is 10.5. The second-order valence-corrected chi connectivity index (χ2v) is 8.23. The number of hydrogen-bond acceptors (Lipinski definition) is 8. The van der Waals surface area contributed by atoms with Gasteiger partial charge in [-0.1, -0.05) is 48.5 Å². The largest absolute Gasteiger partial charge is 0.465 e. The summed E-state index contributed by atoms with van der Waals surface area (Å²) in [6, 6.07) is 14.6. The number of amides is 1. The van der Waals surface area contributed by atoms with Crippen LogP contribution in [0.4, 0.5) is 0 Å². The SMILES string of the molecule is O=C(CCC(=O)OCC1c2ccccc2-c2ccccc21)NC1C(O)OC(CO)C(O)C1O. The van der Waals surface area contributed by atoms with Gasteiger partial charge in [0.1, 0.15) is 31.0 Å². The second kappa shape index (κ2) is 9.98. The average molecular weight is 457 g/mol. The Bertz CT molecular complexity index is 966. The van der Waals surface area contributed by atoms with Crippen molar-refractivity contribution in [2.75, 3.05) is 13.2 Å². The van der Waals surface area contributed by atoms with Crippen LogP contribution < -0.4 is 5.32 Å². The number of ether oxygens (including phenoxy) is 2. The highest BCUT2D eigenvalue weighted by Crippen LogP contribution is 2.44. The van der Waals surface area contributed by atoms with Gasteiger partial charge < -0.3 is 35.2 Å². The number of nitrogens with one attached hydrogen (secondary N) is 1. The molecular formula is C24H27NO8. The van der Waals surface area contributed by atoms with E-state index in [4.69, 9.17) is 14.6 Å². The first-order valence-corrected chi connectivity index (χ1v) is 10.8. The maximum Gasteiger partial charge on any atom is 0.306 e. The van der Waals surface area contributed by atoms with Crippen molar-refractivity contribution < 1.29 is 39.5 Å². The molecule has 1 fully saturated rings. The molecule has 1 saturated heterocycles. The summed E-state index contributed by atoms with van der Waals surface area (Å²) in [5.74, 6) is -1.25. The fourth-order valence-corrected chi connectivity index (χ4v) is 4.41. The Kier molecular flexibility index (Phi) is 7.06. The van der Waals surface area contributed by atoms with Gasteiger partial charge in [-0.3, -0.25) is 9.59 Å². The van der Waals surface area contributed by atoms with Gasteiger partial charge in [0, 0.05) is 12.3 Å². The van der Waals surface area contributed by atoms with Gasteiger partial charge in [0.25, 0.3) is 0 Å². The van der Waals surface area contributed by atoms with Crippen LogP contribution in [0.15, 0.2) is 48.5 Å². The minimum Gasteiger partial charge on any atom is -0.465 e. The molecule has 33 heavy (non-hydrogen) atoms. The molecule has 5 N–H and O–H groups in total. The standard InChI is InChI=1S/C24H27NO8/c26-11-18-22(29)23(30)21(24(31)33-18)25-19(27)9-10-20(28)32-12-17-15-7-3-1-5-13(15)14-6-2-4-8-16(14)17/h1-8,17-18,21-24,26,29-31H,9-12H2,(H,25,27). The fourth-order valence-electron chi connectivity index (χ4n) is 4.41. The normalized spacial score (nSPS) is 26.4. The number of aliphatic hydroxyl groups is 4. The quantitative estimate of drug-likeness (QED) is 0.367. The maximum atomic E-state index is 12.3. The summed E-state index contributed by atoms with van der Waals surface area (Å²) in [7, 11) is 0. The van der Waals surface area contributed by atoms with E-state index in [1.807, 2.05) is 48.5 Å². The highest BCUT2D eigenvalue weighted by molar-refractivity contribution is 5.82. The molecule has 0 bridgehead atoms. The predicted octanol–water partition coefficient (Wildman–Crippen LogP) is 0.0384. The Morgan fingerprint density at radius 2 is 1.52 bits per heavy atom. The number of carbonyl (C=O) groups excluding carboxylic acids is 2. The van der Waals surface area contributed by atoms with E-state index in [0.717, 1.165) is 22.3 Å². The number of esters is 1. The molecule has 1 aliphatic carbocycles. The number of fused-ring (bicyclic) bond motifs is 3. The van der Waals surface area contributed by atoms with Gasteiger partial charge in [-0.25, -0.2) is 0 Å². The van der Waals surface area contributed by atoms with Crippen LogP contribution in [0, 0.1) is 0 Å². The third kappa shape index (κ3) is 4.78. The smallest absolute Gasteiger partial charge is 0.306 e. The average Bonchev–Trinajstić information content (AvgIpc) is 3.15. The van der Waals surface area contributed by atoms with Crippen LogP contribution in [0.2, 0.25) is 0 Å². The number of carbonyl (C=O) groups is 2. The predicted molar refractivity (Wildman–Crippen MR) is 116 cm³/mol. The highest BCUT2D eigenvalue weighted by Gasteiger charge is 2.44. The van der Waals surface area contributed by atoms with E-state index < -0.39 is 49.1 Å². The Balaban J connectivity index is 1.29. The van der Waals surface area contributed by atoms with Crippen molar-refractivity contribution in [1.82, 2.24) is 5.32 Å². The molecule has 4 rings (SSSR count). The van der Waals surface area contributed by atoms with Crippen molar-refractivity contribution in [3.63, 3.8) is 0 Å². The minimum absolute atomic E-state index is 0.0826. The van der Waals surface area contributed by atoms with Crippen molar-refractivity contribution in [2.45, 2.75) is 49.4 Å². The summed E-state index contributed by atoms with van der Waals surface area (Å²) in [6.07, 6.45) is -6.21. The molecule has 9 heteroatoms. The second-order valence-electron chi connectivity index (χ2n) is 8.23. The third-order valence-electron chi connectivity index (χ3n) is 6.16. The molecule has 1 aliphatic heterocycles. The first-order valence-electron chi connectivity index (χ1n) is 10.8. The van der Waals surface area contributed by atoms with Crippen LogP contribution in [-0.4, -0.2) is 76.2 Å². The lowest BCUT2D eigenvalue weighted by molar-refractivity contribution is -0.253. The van der Waals surface area contributed by atoms with Crippen LogP contribution in [-0.2, 0) is 19.1 Å². The van der Waals surface area contributed by atoms with E-state index in [1.54, 1.807) is 0 Å². The van der Waals surface area contributed by atoms with Gasteiger partial charge in [0.15, 0.2) is 6.29 Å². The molecular weight excluding hydrogens is 430 g/mol. The Morgan fingerprint density at radius 1 is 0.909 bits per heavy atom. The zero-order valence-electron chi connectivity index (χ0n) is 17.8. The lowest BCUT2D eigenvalue weighted by Gasteiger charge is -2.40. The van der Waals surface area contributed by atoms with E-state index in [2.05, 4.69) is 5.32 Å². The first kappa shape index (κ1) is 23.3. The molecule has 0 saturated carbocycles. The van der Waals surface area contributed by atoms with Crippen LogP contribution in [0.1, 0.15) is 29.9 Å². The maximum absolute atomic E-state index is 12.3. The van der Waals surface area contributed by atoms with E-state index >= 15 is 0 Å².